The lowest BCUT2D eigenvalue weighted by Gasteiger charge is -2.11. The molecule has 4 nitrogen and oxygen atoms in total. The number of nitrogens with zero attached hydrogens (tertiary/aromatic N) is 1. The van der Waals surface area contributed by atoms with Crippen molar-refractivity contribution >= 4 is 17.3 Å². The molecule has 0 spiro atoms. The molecule has 0 aliphatic carbocycles. The predicted molar refractivity (Wildman–Crippen MR) is 90.0 cm³/mol. The second kappa shape index (κ2) is 5.99. The zero-order chi connectivity index (χ0) is 16.6. The standard InChI is InChI=1S/C18H20FN3O/c1-10(2)7-16(23)14-8-11(9-22-18(14)20)12-3-4-15-13(17(12)19)5-6-21-15/h3-4,8-10,21H,5-7H2,1-2H3,(H2,20,22). The minimum absolute atomic E-state index is 0.0601. The fraction of sp³-hybridized carbons (Fsp3) is 0.333. The highest BCUT2D eigenvalue weighted by Gasteiger charge is 2.20. The first kappa shape index (κ1) is 15.5. The third-order valence-electron chi connectivity index (χ3n) is 4.06. The van der Waals surface area contributed by atoms with Crippen molar-refractivity contribution in [1.82, 2.24) is 4.98 Å². The summed E-state index contributed by atoms with van der Waals surface area (Å²) in [5.74, 6) is 0.118. The molecule has 1 aliphatic heterocycles. The summed E-state index contributed by atoms with van der Waals surface area (Å²) >= 11 is 0. The van der Waals surface area contributed by atoms with Crippen molar-refractivity contribution in [2.24, 2.45) is 5.92 Å². The molecular weight excluding hydrogens is 293 g/mol. The number of carbonyl (C=O) groups is 1. The van der Waals surface area contributed by atoms with Crippen LogP contribution in [-0.2, 0) is 6.42 Å². The van der Waals surface area contributed by atoms with Crippen LogP contribution in [0.25, 0.3) is 11.1 Å². The Hall–Kier alpha value is -2.43. The fourth-order valence-electron chi connectivity index (χ4n) is 2.90. The SMILES string of the molecule is CC(C)CC(=O)c1cc(-c2ccc3c(c2F)CCN3)cnc1N. The van der Waals surface area contributed by atoms with E-state index in [9.17, 15) is 9.18 Å². The third-order valence-corrected chi connectivity index (χ3v) is 4.06. The van der Waals surface area contributed by atoms with Gasteiger partial charge in [-0.3, -0.25) is 4.79 Å². The molecule has 5 heteroatoms. The maximum absolute atomic E-state index is 14.7. The molecule has 0 saturated carbocycles. The molecule has 0 unspecified atom stereocenters. The van der Waals surface area contributed by atoms with Gasteiger partial charge < -0.3 is 11.1 Å². The molecule has 23 heavy (non-hydrogen) atoms. The van der Waals surface area contributed by atoms with Crippen LogP contribution in [-0.4, -0.2) is 17.3 Å². The number of Topliss-reactive ketones (excluding diaryl/α,β-unsaturated/α-hetero) is 1. The van der Waals surface area contributed by atoms with Gasteiger partial charge in [-0.05, 0) is 30.5 Å². The van der Waals surface area contributed by atoms with Crippen LogP contribution in [0.1, 0.15) is 36.2 Å². The number of anilines is 2. The van der Waals surface area contributed by atoms with E-state index in [2.05, 4.69) is 10.3 Å². The maximum Gasteiger partial charge on any atom is 0.166 e. The number of nitrogens with one attached hydrogen (secondary N) is 1. The molecule has 0 amide bonds. The number of hydrogen-bond acceptors (Lipinski definition) is 4. The minimum atomic E-state index is -0.249. The van der Waals surface area contributed by atoms with Crippen molar-refractivity contribution in [1.29, 1.82) is 0 Å². The highest BCUT2D eigenvalue weighted by atomic mass is 19.1. The molecule has 3 rings (SSSR count). The average Bonchev–Trinajstić information content (AvgIpc) is 2.97. The van der Waals surface area contributed by atoms with Gasteiger partial charge in [-0.2, -0.15) is 0 Å². The first-order valence-corrected chi connectivity index (χ1v) is 7.81. The molecule has 0 bridgehead atoms. The highest BCUT2D eigenvalue weighted by Crippen LogP contribution is 2.33. The Labute approximate surface area is 134 Å². The van der Waals surface area contributed by atoms with E-state index < -0.39 is 0 Å². The maximum atomic E-state index is 14.7. The molecule has 0 atom stereocenters. The van der Waals surface area contributed by atoms with Crippen LogP contribution in [0.5, 0.6) is 0 Å². The van der Waals surface area contributed by atoms with Crippen LogP contribution in [0.15, 0.2) is 24.4 Å². The summed E-state index contributed by atoms with van der Waals surface area (Å²) in [6.45, 7) is 4.69. The predicted octanol–water partition coefficient (Wildman–Crippen LogP) is 3.67. The van der Waals surface area contributed by atoms with E-state index in [1.807, 2.05) is 19.9 Å². The summed E-state index contributed by atoms with van der Waals surface area (Å²) in [5, 5.41) is 3.15. The Morgan fingerprint density at radius 2 is 2.22 bits per heavy atom. The van der Waals surface area contributed by atoms with Crippen LogP contribution in [0.4, 0.5) is 15.9 Å². The summed E-state index contributed by atoms with van der Waals surface area (Å²) in [5.41, 5.74) is 8.77. The molecule has 120 valence electrons. The van der Waals surface area contributed by atoms with Gasteiger partial charge in [0.1, 0.15) is 11.6 Å². The van der Waals surface area contributed by atoms with Gasteiger partial charge in [-0.25, -0.2) is 9.37 Å². The number of pyridine rings is 1. The Balaban J connectivity index is 2.03. The Kier molecular flexibility index (Phi) is 4.03. The first-order chi connectivity index (χ1) is 11.0. The molecule has 1 aliphatic rings. The molecule has 0 saturated heterocycles. The number of benzene rings is 1. The molecular formula is C18H20FN3O. The number of carbonyl (C=O) groups excluding carboxylic acids is 1. The summed E-state index contributed by atoms with van der Waals surface area (Å²) in [6.07, 6.45) is 2.58. The van der Waals surface area contributed by atoms with Gasteiger partial charge in [-0.1, -0.05) is 13.8 Å². The van der Waals surface area contributed by atoms with E-state index >= 15 is 0 Å². The van der Waals surface area contributed by atoms with Gasteiger partial charge in [0.05, 0.1) is 5.56 Å². The van der Waals surface area contributed by atoms with Crippen LogP contribution in [0.2, 0.25) is 0 Å². The Morgan fingerprint density at radius 1 is 1.43 bits per heavy atom. The largest absolute Gasteiger partial charge is 0.384 e. The number of ketones is 1. The van der Waals surface area contributed by atoms with Crippen molar-refractivity contribution < 1.29 is 9.18 Å². The molecule has 3 N–H and O–H groups in total. The van der Waals surface area contributed by atoms with Gasteiger partial charge >= 0.3 is 0 Å². The number of hydrogen-bond donors (Lipinski definition) is 2. The second-order valence-corrected chi connectivity index (χ2v) is 6.31. The Bertz CT molecular complexity index is 771. The average molecular weight is 313 g/mol. The number of rotatable bonds is 4. The number of halogens is 1. The fourth-order valence-corrected chi connectivity index (χ4v) is 2.90. The molecule has 0 radical (unpaired) electrons. The highest BCUT2D eigenvalue weighted by molar-refractivity contribution is 6.01. The van der Waals surface area contributed by atoms with Crippen molar-refractivity contribution in [3.63, 3.8) is 0 Å². The first-order valence-electron chi connectivity index (χ1n) is 7.81. The molecule has 1 aromatic carbocycles. The van der Waals surface area contributed by atoms with Gasteiger partial charge in [0, 0.05) is 41.5 Å². The summed E-state index contributed by atoms with van der Waals surface area (Å²) in [7, 11) is 0. The third kappa shape index (κ3) is 2.91. The van der Waals surface area contributed by atoms with Gasteiger partial charge in [0.2, 0.25) is 0 Å². The van der Waals surface area contributed by atoms with E-state index in [1.165, 1.54) is 6.20 Å². The van der Waals surface area contributed by atoms with Gasteiger partial charge in [0.25, 0.3) is 0 Å². The number of fused-ring (bicyclic) bond motifs is 1. The normalized spacial score (nSPS) is 13.0. The minimum Gasteiger partial charge on any atom is -0.384 e. The monoisotopic (exact) mass is 313 g/mol. The Morgan fingerprint density at radius 3 is 2.96 bits per heavy atom. The number of nitrogen functional groups attached to an aromatic ring is 1. The topological polar surface area (TPSA) is 68.0 Å². The van der Waals surface area contributed by atoms with Gasteiger partial charge in [-0.15, -0.1) is 0 Å². The van der Waals surface area contributed by atoms with Crippen molar-refractivity contribution in [2.45, 2.75) is 26.7 Å². The van der Waals surface area contributed by atoms with E-state index in [4.69, 9.17) is 5.73 Å². The summed E-state index contributed by atoms with van der Waals surface area (Å²) in [4.78, 5) is 16.4. The van der Waals surface area contributed by atoms with E-state index in [-0.39, 0.29) is 23.3 Å². The quantitative estimate of drug-likeness (QED) is 0.845. The zero-order valence-electron chi connectivity index (χ0n) is 13.3. The molecule has 1 aromatic heterocycles. The number of aromatic nitrogens is 1. The lowest BCUT2D eigenvalue weighted by atomic mass is 9.97. The van der Waals surface area contributed by atoms with Crippen LogP contribution >= 0.6 is 0 Å². The summed E-state index contributed by atoms with van der Waals surface area (Å²) in [6, 6.07) is 5.24. The van der Waals surface area contributed by atoms with Gasteiger partial charge in [0.15, 0.2) is 5.78 Å². The van der Waals surface area contributed by atoms with Crippen LogP contribution in [0, 0.1) is 11.7 Å². The molecule has 0 fully saturated rings. The molecule has 2 aromatic rings. The van der Waals surface area contributed by atoms with Crippen LogP contribution in [0.3, 0.4) is 0 Å². The lowest BCUT2D eigenvalue weighted by Crippen LogP contribution is -2.08. The second-order valence-electron chi connectivity index (χ2n) is 6.31. The zero-order valence-corrected chi connectivity index (χ0v) is 13.3. The van der Waals surface area contributed by atoms with Crippen molar-refractivity contribution in [2.75, 3.05) is 17.6 Å². The van der Waals surface area contributed by atoms with Crippen molar-refractivity contribution in [3.05, 3.63) is 41.3 Å². The van der Waals surface area contributed by atoms with Crippen molar-refractivity contribution in [3.8, 4) is 11.1 Å². The van der Waals surface area contributed by atoms with E-state index in [0.717, 1.165) is 12.2 Å². The number of nitrogens with two attached hydrogens (primary N) is 1. The van der Waals surface area contributed by atoms with Crippen LogP contribution < -0.4 is 11.1 Å². The van der Waals surface area contributed by atoms with E-state index in [0.29, 0.717) is 35.1 Å². The smallest absolute Gasteiger partial charge is 0.166 e. The lowest BCUT2D eigenvalue weighted by molar-refractivity contribution is 0.0968. The summed E-state index contributed by atoms with van der Waals surface area (Å²) < 4.78 is 14.7. The van der Waals surface area contributed by atoms with E-state index in [1.54, 1.807) is 12.1 Å². The molecule has 2 heterocycles.